The van der Waals surface area contributed by atoms with Gasteiger partial charge in [0.2, 0.25) is 0 Å². The molecule has 17 heavy (non-hydrogen) atoms. The molecule has 6 heteroatoms. The maximum absolute atomic E-state index is 10.5. The lowest BCUT2D eigenvalue weighted by atomic mass is 10.00. The van der Waals surface area contributed by atoms with Crippen LogP contribution in [0.5, 0.6) is 0 Å². The Bertz CT molecular complexity index is 374. The van der Waals surface area contributed by atoms with Gasteiger partial charge in [0.05, 0.1) is 4.92 Å². The number of nitrogens with one attached hydrogen (secondary N) is 2. The van der Waals surface area contributed by atoms with Gasteiger partial charge in [-0.15, -0.1) is 0 Å². The maximum Gasteiger partial charge on any atom is 0.287 e. The first-order chi connectivity index (χ1) is 8.25. The monoisotopic (exact) mass is 236 g/mol. The van der Waals surface area contributed by atoms with Crippen LogP contribution in [0.25, 0.3) is 0 Å². The molecule has 0 bridgehead atoms. The highest BCUT2D eigenvalue weighted by molar-refractivity contribution is 5.40. The quantitative estimate of drug-likeness (QED) is 0.610. The van der Waals surface area contributed by atoms with Gasteiger partial charge in [-0.3, -0.25) is 10.1 Å². The fourth-order valence-corrected chi connectivity index (χ4v) is 1.95. The Kier molecular flexibility index (Phi) is 3.87. The lowest BCUT2D eigenvalue weighted by Crippen LogP contribution is -2.33. The molecule has 1 aromatic rings. The number of aromatic nitrogens is 1. The number of nitrogens with zero attached hydrogens (tertiary/aromatic N) is 2. The first-order valence-corrected chi connectivity index (χ1v) is 5.81. The zero-order valence-electron chi connectivity index (χ0n) is 9.56. The van der Waals surface area contributed by atoms with Crippen molar-refractivity contribution >= 4 is 11.5 Å². The van der Waals surface area contributed by atoms with Crippen molar-refractivity contribution in [2.45, 2.75) is 12.8 Å². The number of hydrogen-bond donors (Lipinski definition) is 2. The number of piperidine rings is 1. The van der Waals surface area contributed by atoms with Crippen LogP contribution in [0.1, 0.15) is 12.8 Å². The van der Waals surface area contributed by atoms with Crippen LogP contribution in [-0.2, 0) is 0 Å². The molecule has 2 N–H and O–H groups in total. The predicted octanol–water partition coefficient (Wildman–Crippen LogP) is 1.40. The Labute approximate surface area is 99.6 Å². The Morgan fingerprint density at radius 1 is 1.59 bits per heavy atom. The van der Waals surface area contributed by atoms with Crippen LogP contribution in [0.15, 0.2) is 18.3 Å². The van der Waals surface area contributed by atoms with E-state index in [-0.39, 0.29) is 5.69 Å². The zero-order chi connectivity index (χ0) is 12.1. The van der Waals surface area contributed by atoms with E-state index in [1.54, 1.807) is 6.07 Å². The van der Waals surface area contributed by atoms with Gasteiger partial charge in [-0.1, -0.05) is 0 Å². The van der Waals surface area contributed by atoms with Crippen molar-refractivity contribution < 1.29 is 4.92 Å². The average molecular weight is 236 g/mol. The normalized spacial score (nSPS) is 19.9. The molecule has 1 aliphatic heterocycles. The fourth-order valence-electron chi connectivity index (χ4n) is 1.95. The summed E-state index contributed by atoms with van der Waals surface area (Å²) in [6, 6.07) is 3.11. The van der Waals surface area contributed by atoms with Gasteiger partial charge >= 0.3 is 0 Å². The van der Waals surface area contributed by atoms with E-state index in [4.69, 9.17) is 0 Å². The Hall–Kier alpha value is -1.69. The minimum Gasteiger partial charge on any atom is -0.370 e. The molecule has 1 saturated heterocycles. The van der Waals surface area contributed by atoms with E-state index in [1.807, 2.05) is 0 Å². The SMILES string of the molecule is O=[N+]([O-])c1ccc(NCC2CCCNC2)nc1. The lowest BCUT2D eigenvalue weighted by Gasteiger charge is -2.22. The Morgan fingerprint density at radius 2 is 2.47 bits per heavy atom. The van der Waals surface area contributed by atoms with Crippen LogP contribution in [0.3, 0.4) is 0 Å². The van der Waals surface area contributed by atoms with Gasteiger partial charge < -0.3 is 10.6 Å². The first-order valence-electron chi connectivity index (χ1n) is 5.81. The third-order valence-corrected chi connectivity index (χ3v) is 2.93. The lowest BCUT2D eigenvalue weighted by molar-refractivity contribution is -0.385. The van der Waals surface area contributed by atoms with Gasteiger partial charge in [0.1, 0.15) is 12.0 Å². The zero-order valence-corrected chi connectivity index (χ0v) is 9.56. The van der Waals surface area contributed by atoms with Crippen LogP contribution in [0.4, 0.5) is 11.5 Å². The van der Waals surface area contributed by atoms with E-state index < -0.39 is 4.92 Å². The van der Waals surface area contributed by atoms with Crippen molar-refractivity contribution in [3.8, 4) is 0 Å². The summed E-state index contributed by atoms with van der Waals surface area (Å²) in [5.41, 5.74) is 0.0230. The summed E-state index contributed by atoms with van der Waals surface area (Å²) in [6.45, 7) is 2.99. The molecular weight excluding hydrogens is 220 g/mol. The second-order valence-electron chi connectivity index (χ2n) is 4.25. The van der Waals surface area contributed by atoms with Crippen molar-refractivity contribution in [2.24, 2.45) is 5.92 Å². The smallest absolute Gasteiger partial charge is 0.287 e. The molecular formula is C11H16N4O2. The highest BCUT2D eigenvalue weighted by atomic mass is 16.6. The number of hydrogen-bond acceptors (Lipinski definition) is 5. The summed E-state index contributed by atoms with van der Waals surface area (Å²) in [7, 11) is 0. The van der Waals surface area contributed by atoms with Crippen molar-refractivity contribution in [3.05, 3.63) is 28.4 Å². The van der Waals surface area contributed by atoms with Gasteiger partial charge in [-0.2, -0.15) is 0 Å². The molecule has 0 spiro atoms. The number of anilines is 1. The number of nitro groups is 1. The minimum atomic E-state index is -0.443. The molecule has 2 rings (SSSR count). The van der Waals surface area contributed by atoms with Crippen LogP contribution >= 0.6 is 0 Å². The Morgan fingerprint density at radius 3 is 3.06 bits per heavy atom. The van der Waals surface area contributed by atoms with Crippen molar-refractivity contribution in [1.29, 1.82) is 0 Å². The highest BCUT2D eigenvalue weighted by Gasteiger charge is 2.12. The van der Waals surface area contributed by atoms with Crippen molar-refractivity contribution in [3.63, 3.8) is 0 Å². The maximum atomic E-state index is 10.5. The molecule has 0 aliphatic carbocycles. The second kappa shape index (κ2) is 5.58. The average Bonchev–Trinajstić information content (AvgIpc) is 2.38. The molecule has 0 amide bonds. The predicted molar refractivity (Wildman–Crippen MR) is 65.0 cm³/mol. The third kappa shape index (κ3) is 3.39. The molecule has 1 atom stereocenters. The molecule has 2 heterocycles. The summed E-state index contributed by atoms with van der Waals surface area (Å²) in [4.78, 5) is 14.0. The van der Waals surface area contributed by atoms with E-state index in [0.29, 0.717) is 11.7 Å². The summed E-state index contributed by atoms with van der Waals surface area (Å²) in [6.07, 6.45) is 3.70. The second-order valence-corrected chi connectivity index (χ2v) is 4.25. The topological polar surface area (TPSA) is 80.1 Å². The van der Waals surface area contributed by atoms with Gasteiger partial charge in [0, 0.05) is 12.6 Å². The molecule has 1 aromatic heterocycles. The van der Waals surface area contributed by atoms with E-state index in [9.17, 15) is 10.1 Å². The standard InChI is InChI=1S/C11H16N4O2/c16-15(17)10-3-4-11(14-8-10)13-7-9-2-1-5-12-6-9/h3-4,8-9,12H,1-2,5-7H2,(H,13,14). The van der Waals surface area contributed by atoms with Gasteiger partial charge in [0.25, 0.3) is 5.69 Å². The van der Waals surface area contributed by atoms with Crippen molar-refractivity contribution in [1.82, 2.24) is 10.3 Å². The van der Waals surface area contributed by atoms with Crippen LogP contribution in [-0.4, -0.2) is 29.5 Å². The number of rotatable bonds is 4. The molecule has 1 aliphatic rings. The van der Waals surface area contributed by atoms with Crippen LogP contribution in [0, 0.1) is 16.0 Å². The van der Waals surface area contributed by atoms with Crippen LogP contribution in [0.2, 0.25) is 0 Å². The van der Waals surface area contributed by atoms with E-state index in [1.165, 1.54) is 25.1 Å². The molecule has 0 radical (unpaired) electrons. The number of pyridine rings is 1. The summed E-state index contributed by atoms with van der Waals surface area (Å²) in [5, 5.41) is 17.0. The van der Waals surface area contributed by atoms with E-state index in [2.05, 4.69) is 15.6 Å². The van der Waals surface area contributed by atoms with Crippen molar-refractivity contribution in [2.75, 3.05) is 25.0 Å². The summed E-state index contributed by atoms with van der Waals surface area (Å²) >= 11 is 0. The molecule has 0 aromatic carbocycles. The minimum absolute atomic E-state index is 0.0230. The molecule has 6 nitrogen and oxygen atoms in total. The van der Waals surface area contributed by atoms with Gasteiger partial charge in [-0.25, -0.2) is 4.98 Å². The first kappa shape index (κ1) is 11.8. The third-order valence-electron chi connectivity index (χ3n) is 2.93. The Balaban J connectivity index is 1.84. The summed E-state index contributed by atoms with van der Waals surface area (Å²) < 4.78 is 0. The molecule has 1 fully saturated rings. The van der Waals surface area contributed by atoms with Gasteiger partial charge in [0.15, 0.2) is 0 Å². The van der Waals surface area contributed by atoms with Gasteiger partial charge in [-0.05, 0) is 37.9 Å². The summed E-state index contributed by atoms with van der Waals surface area (Å²) in [5.74, 6) is 1.31. The molecule has 92 valence electrons. The van der Waals surface area contributed by atoms with E-state index >= 15 is 0 Å². The highest BCUT2D eigenvalue weighted by Crippen LogP contribution is 2.14. The molecule has 1 unspecified atom stereocenters. The van der Waals surface area contributed by atoms with E-state index in [0.717, 1.165) is 19.6 Å². The fraction of sp³-hybridized carbons (Fsp3) is 0.545. The molecule has 0 saturated carbocycles. The van der Waals surface area contributed by atoms with Crippen LogP contribution < -0.4 is 10.6 Å². The largest absolute Gasteiger partial charge is 0.370 e.